The number of carbonyl (C=O) groups excluding carboxylic acids is 3. The van der Waals surface area contributed by atoms with Crippen LogP contribution in [-0.4, -0.2) is 80.9 Å². The van der Waals surface area contributed by atoms with E-state index in [0.29, 0.717) is 12.8 Å². The molecule has 2 saturated heterocycles. The molecule has 1 aromatic rings. The van der Waals surface area contributed by atoms with Crippen LogP contribution in [0.25, 0.3) is 0 Å². The highest BCUT2D eigenvalue weighted by molar-refractivity contribution is 7.99. The predicted octanol–water partition coefficient (Wildman–Crippen LogP) is 3.17. The first kappa shape index (κ1) is 28.7. The number of benzene rings is 1. The van der Waals surface area contributed by atoms with Crippen LogP contribution in [0.1, 0.15) is 77.0 Å². The first-order chi connectivity index (χ1) is 18.0. The summed E-state index contributed by atoms with van der Waals surface area (Å²) in [6, 6.07) is 6.39. The Morgan fingerprint density at radius 3 is 2.63 bits per heavy atom. The molecule has 4 rings (SSSR count). The van der Waals surface area contributed by atoms with Gasteiger partial charge in [-0.05, 0) is 83.1 Å². The van der Waals surface area contributed by atoms with Gasteiger partial charge in [0.1, 0.15) is 17.9 Å². The number of aliphatic hydroxyl groups is 1. The molecule has 2 aliphatic heterocycles. The Hall–Kier alpha value is -2.30. The zero-order valence-electron chi connectivity index (χ0n) is 23.1. The second-order valence-corrected chi connectivity index (χ2v) is 12.9. The summed E-state index contributed by atoms with van der Waals surface area (Å²) in [6.07, 6.45) is 3.16. The number of fused-ring (bicyclic) bond motifs is 2. The number of amides is 3. The van der Waals surface area contributed by atoms with Crippen LogP contribution in [0, 0.1) is 0 Å². The van der Waals surface area contributed by atoms with Gasteiger partial charge in [-0.25, -0.2) is 4.79 Å². The Morgan fingerprint density at radius 1 is 1.16 bits per heavy atom. The van der Waals surface area contributed by atoms with Crippen molar-refractivity contribution < 1.29 is 24.2 Å². The van der Waals surface area contributed by atoms with Crippen molar-refractivity contribution in [3.8, 4) is 0 Å². The van der Waals surface area contributed by atoms with Crippen LogP contribution in [0.5, 0.6) is 0 Å². The average Bonchev–Trinajstić information content (AvgIpc) is 3.23. The molecule has 0 bridgehead atoms. The predicted molar refractivity (Wildman–Crippen MR) is 147 cm³/mol. The van der Waals surface area contributed by atoms with E-state index in [2.05, 4.69) is 22.8 Å². The largest absolute Gasteiger partial charge is 0.444 e. The van der Waals surface area contributed by atoms with E-state index < -0.39 is 36.0 Å². The third-order valence-electron chi connectivity index (χ3n) is 7.71. The Kier molecular flexibility index (Phi) is 8.94. The number of likely N-dealkylation sites (N-methyl/N-ethyl adjacent to an activating group) is 1. The molecule has 0 aromatic heterocycles. The summed E-state index contributed by atoms with van der Waals surface area (Å²) in [5.41, 5.74) is 1.79. The number of aryl methyl sites for hydroxylation is 1. The van der Waals surface area contributed by atoms with Gasteiger partial charge >= 0.3 is 6.09 Å². The lowest BCUT2D eigenvalue weighted by Crippen LogP contribution is -2.58. The van der Waals surface area contributed by atoms with Crippen LogP contribution in [0.2, 0.25) is 0 Å². The fourth-order valence-electron chi connectivity index (χ4n) is 5.51. The topological polar surface area (TPSA) is 111 Å². The number of hydrogen-bond acceptors (Lipinski definition) is 7. The normalized spacial score (nSPS) is 27.0. The van der Waals surface area contributed by atoms with Crippen molar-refractivity contribution in [1.29, 1.82) is 0 Å². The molecule has 2 heterocycles. The molecule has 0 radical (unpaired) electrons. The van der Waals surface area contributed by atoms with Gasteiger partial charge in [-0.2, -0.15) is 0 Å². The van der Waals surface area contributed by atoms with Gasteiger partial charge in [-0.3, -0.25) is 14.9 Å². The van der Waals surface area contributed by atoms with Crippen molar-refractivity contribution in [1.82, 2.24) is 20.4 Å². The van der Waals surface area contributed by atoms with E-state index in [1.54, 1.807) is 51.4 Å². The number of nitrogens with one attached hydrogen (secondary N) is 2. The van der Waals surface area contributed by atoms with Crippen LogP contribution >= 0.6 is 11.8 Å². The van der Waals surface area contributed by atoms with Crippen molar-refractivity contribution in [2.45, 2.75) is 108 Å². The van der Waals surface area contributed by atoms with Gasteiger partial charge in [0.2, 0.25) is 11.8 Å². The molecule has 3 N–H and O–H groups in total. The van der Waals surface area contributed by atoms with Crippen molar-refractivity contribution in [3.05, 3.63) is 35.4 Å². The van der Waals surface area contributed by atoms with Crippen LogP contribution < -0.4 is 10.6 Å². The smallest absolute Gasteiger partial charge is 0.410 e. The quantitative estimate of drug-likeness (QED) is 0.470. The Balaban J connectivity index is 1.41. The molecular weight excluding hydrogens is 504 g/mol. The fraction of sp³-hybridized carbons (Fsp3) is 0.679. The summed E-state index contributed by atoms with van der Waals surface area (Å²) in [4.78, 5) is 42.8. The third-order valence-corrected chi connectivity index (χ3v) is 9.03. The molecule has 6 atom stereocenters. The van der Waals surface area contributed by atoms with Crippen LogP contribution in [0.4, 0.5) is 4.79 Å². The molecular formula is C28H42N4O5S. The van der Waals surface area contributed by atoms with Gasteiger partial charge in [-0.1, -0.05) is 24.3 Å². The molecule has 0 spiro atoms. The van der Waals surface area contributed by atoms with Gasteiger partial charge in [0.05, 0.1) is 23.5 Å². The number of ether oxygens (including phenoxy) is 1. The van der Waals surface area contributed by atoms with Crippen LogP contribution in [-0.2, 0) is 20.7 Å². The summed E-state index contributed by atoms with van der Waals surface area (Å²) in [5.74, 6) is 0.452. The van der Waals surface area contributed by atoms with Crippen LogP contribution in [0.15, 0.2) is 24.3 Å². The van der Waals surface area contributed by atoms with Gasteiger partial charge in [0, 0.05) is 7.05 Å². The Morgan fingerprint density at radius 2 is 1.89 bits per heavy atom. The summed E-state index contributed by atoms with van der Waals surface area (Å²) in [7, 11) is 1.56. The first-order valence-electron chi connectivity index (χ1n) is 13.7. The van der Waals surface area contributed by atoms with E-state index in [4.69, 9.17) is 4.74 Å². The molecule has 210 valence electrons. The van der Waals surface area contributed by atoms with E-state index in [9.17, 15) is 19.5 Å². The number of aliphatic hydroxyl groups excluding tert-OH is 1. The number of hydrogen-bond donors (Lipinski definition) is 3. The Labute approximate surface area is 230 Å². The third kappa shape index (κ3) is 6.46. The molecule has 1 unspecified atom stereocenters. The molecule has 1 aliphatic carbocycles. The molecule has 3 aliphatic rings. The fourth-order valence-corrected chi connectivity index (χ4v) is 6.86. The summed E-state index contributed by atoms with van der Waals surface area (Å²) in [6.45, 7) is 7.05. The minimum absolute atomic E-state index is 0.0405. The summed E-state index contributed by atoms with van der Waals surface area (Å²) >= 11 is 1.69. The Bertz CT molecular complexity index is 1030. The molecule has 0 saturated carbocycles. The zero-order valence-corrected chi connectivity index (χ0v) is 23.9. The minimum atomic E-state index is -1.14. The van der Waals surface area contributed by atoms with Crippen molar-refractivity contribution in [3.63, 3.8) is 0 Å². The van der Waals surface area contributed by atoms with Crippen LogP contribution in [0.3, 0.4) is 0 Å². The molecule has 38 heavy (non-hydrogen) atoms. The van der Waals surface area contributed by atoms with Crippen molar-refractivity contribution in [2.75, 3.05) is 12.8 Å². The highest BCUT2D eigenvalue weighted by Crippen LogP contribution is 2.37. The molecule has 10 heteroatoms. The first-order valence-corrected chi connectivity index (χ1v) is 14.7. The number of thioether (sulfide) groups is 1. The van der Waals surface area contributed by atoms with Crippen molar-refractivity contribution in [2.24, 2.45) is 0 Å². The monoisotopic (exact) mass is 546 g/mol. The maximum absolute atomic E-state index is 13.7. The minimum Gasteiger partial charge on any atom is -0.444 e. The van der Waals surface area contributed by atoms with E-state index in [-0.39, 0.29) is 23.2 Å². The standard InChI is InChI=1S/C28H42N4O5S/c1-17(31(5)27(36)37-28(2,3)4)24(33)30-21-15-16-38-23-14-13-22(32(23)26(21)35)25(34)29-20-12-8-10-18-9-6-7-11-19(18)20/h6-7,9,11,17,20-24,30,33H,8,10,12-16H2,1-5H3,(H,29,34)/t17-,20+,21-,22-,23-,24?/m0/s1. The molecule has 3 amide bonds. The lowest BCUT2D eigenvalue weighted by molar-refractivity contribution is -0.141. The summed E-state index contributed by atoms with van der Waals surface area (Å²) in [5, 5.41) is 17.1. The molecule has 9 nitrogen and oxygen atoms in total. The van der Waals surface area contributed by atoms with E-state index >= 15 is 0 Å². The van der Waals surface area contributed by atoms with E-state index in [1.165, 1.54) is 16.0 Å². The number of nitrogens with zero attached hydrogens (tertiary/aromatic N) is 2. The second kappa shape index (κ2) is 11.8. The molecule has 2 fully saturated rings. The van der Waals surface area contributed by atoms with Gasteiger partial charge in [0.15, 0.2) is 0 Å². The SMILES string of the molecule is C[C@@H](C(O)N[C@H]1CCS[C@H]2CC[C@@H](C(=O)N[C@@H]3CCCc4ccccc43)N2C1=O)N(C)C(=O)OC(C)(C)C. The van der Waals surface area contributed by atoms with Gasteiger partial charge in [-0.15, -0.1) is 11.8 Å². The lowest BCUT2D eigenvalue weighted by Gasteiger charge is -2.35. The maximum Gasteiger partial charge on any atom is 0.410 e. The highest BCUT2D eigenvalue weighted by Gasteiger charge is 2.46. The zero-order chi connectivity index (χ0) is 27.6. The highest BCUT2D eigenvalue weighted by atomic mass is 32.2. The maximum atomic E-state index is 13.7. The molecule has 1 aromatic carbocycles. The van der Waals surface area contributed by atoms with Crippen molar-refractivity contribution >= 4 is 29.7 Å². The van der Waals surface area contributed by atoms with E-state index in [0.717, 1.165) is 31.4 Å². The van der Waals surface area contributed by atoms with Gasteiger partial charge < -0.3 is 25.0 Å². The van der Waals surface area contributed by atoms with Gasteiger partial charge in [0.25, 0.3) is 0 Å². The average molecular weight is 547 g/mol. The van der Waals surface area contributed by atoms with E-state index in [1.807, 2.05) is 12.1 Å². The number of carbonyl (C=O) groups is 3. The number of rotatable bonds is 6. The lowest BCUT2D eigenvalue weighted by atomic mass is 9.87. The second-order valence-electron chi connectivity index (χ2n) is 11.6. The summed E-state index contributed by atoms with van der Waals surface area (Å²) < 4.78 is 5.41.